The van der Waals surface area contributed by atoms with Gasteiger partial charge in [-0.2, -0.15) is 0 Å². The summed E-state index contributed by atoms with van der Waals surface area (Å²) in [5.41, 5.74) is 2.79. The van der Waals surface area contributed by atoms with Crippen molar-refractivity contribution in [2.45, 2.75) is 73.0 Å². The van der Waals surface area contributed by atoms with E-state index in [9.17, 15) is 4.79 Å². The minimum Gasteiger partial charge on any atom is -0.447 e. The Morgan fingerprint density at radius 1 is 1.17 bits per heavy atom. The summed E-state index contributed by atoms with van der Waals surface area (Å²) in [4.78, 5) is 14.7. The lowest BCUT2D eigenvalue weighted by Crippen LogP contribution is -2.34. The number of rotatable bonds is 3. The van der Waals surface area contributed by atoms with E-state index in [1.54, 1.807) is 0 Å². The Hall–Kier alpha value is -1.51. The van der Waals surface area contributed by atoms with Crippen molar-refractivity contribution in [2.24, 2.45) is 11.3 Å². The molecular weight excluding hydrogens is 298 g/mol. The molecule has 134 valence electrons. The van der Waals surface area contributed by atoms with Crippen LogP contribution in [0.2, 0.25) is 0 Å². The van der Waals surface area contributed by atoms with Crippen LogP contribution in [-0.2, 0) is 4.74 Å². The molecule has 0 N–H and O–H groups in total. The third-order valence-electron chi connectivity index (χ3n) is 5.07. The fourth-order valence-corrected chi connectivity index (χ4v) is 3.57. The van der Waals surface area contributed by atoms with Crippen LogP contribution in [0.15, 0.2) is 24.3 Å². The molecule has 1 aliphatic rings. The summed E-state index contributed by atoms with van der Waals surface area (Å²) in [5.74, 6) is 0.917. The van der Waals surface area contributed by atoms with Gasteiger partial charge in [0.25, 0.3) is 0 Å². The standard InChI is InChI=1S/C21H33NO2/c1-14(2)17-10-8-9-11-18(17)19-12-16(21(5,6)7)13-22(19)20(23)24-15(3)4/h8-11,14-16,19H,12-13H2,1-7H3. The van der Waals surface area contributed by atoms with E-state index in [1.807, 2.05) is 18.7 Å². The van der Waals surface area contributed by atoms with Gasteiger partial charge in [-0.25, -0.2) is 4.79 Å². The SMILES string of the molecule is CC(C)OC(=O)N1CC(C(C)(C)C)CC1c1ccccc1C(C)C. The molecule has 1 aliphatic heterocycles. The van der Waals surface area contributed by atoms with E-state index in [1.165, 1.54) is 11.1 Å². The second-order valence-electron chi connectivity index (χ2n) is 8.68. The summed E-state index contributed by atoms with van der Waals surface area (Å²) in [6.07, 6.45) is 0.730. The zero-order valence-corrected chi connectivity index (χ0v) is 16.3. The van der Waals surface area contributed by atoms with Crippen LogP contribution in [0, 0.1) is 11.3 Å². The normalized spacial score (nSPS) is 21.6. The number of likely N-dealkylation sites (tertiary alicyclic amines) is 1. The van der Waals surface area contributed by atoms with Crippen molar-refractivity contribution >= 4 is 6.09 Å². The van der Waals surface area contributed by atoms with E-state index in [2.05, 4.69) is 58.9 Å². The van der Waals surface area contributed by atoms with Gasteiger partial charge >= 0.3 is 6.09 Å². The van der Waals surface area contributed by atoms with Crippen LogP contribution < -0.4 is 0 Å². The minimum atomic E-state index is -0.180. The molecule has 3 nitrogen and oxygen atoms in total. The van der Waals surface area contributed by atoms with Gasteiger partial charge in [-0.05, 0) is 48.6 Å². The highest BCUT2D eigenvalue weighted by atomic mass is 16.6. The van der Waals surface area contributed by atoms with E-state index < -0.39 is 0 Å². The van der Waals surface area contributed by atoms with Crippen LogP contribution in [0.1, 0.15) is 78.0 Å². The maximum atomic E-state index is 12.7. The van der Waals surface area contributed by atoms with Crippen molar-refractivity contribution in [3.05, 3.63) is 35.4 Å². The lowest BCUT2D eigenvalue weighted by atomic mass is 9.78. The highest BCUT2D eigenvalue weighted by molar-refractivity contribution is 5.69. The van der Waals surface area contributed by atoms with Crippen LogP contribution in [0.25, 0.3) is 0 Å². The lowest BCUT2D eigenvalue weighted by molar-refractivity contribution is 0.0710. The van der Waals surface area contributed by atoms with Gasteiger partial charge in [-0.3, -0.25) is 0 Å². The molecule has 1 aromatic carbocycles. The van der Waals surface area contributed by atoms with E-state index in [4.69, 9.17) is 4.74 Å². The van der Waals surface area contributed by atoms with Crippen molar-refractivity contribution in [3.63, 3.8) is 0 Å². The molecule has 0 spiro atoms. The van der Waals surface area contributed by atoms with Crippen LogP contribution in [0.4, 0.5) is 4.79 Å². The smallest absolute Gasteiger partial charge is 0.410 e. The minimum absolute atomic E-state index is 0.0906. The molecule has 0 radical (unpaired) electrons. The zero-order chi connectivity index (χ0) is 18.1. The fourth-order valence-electron chi connectivity index (χ4n) is 3.57. The molecular formula is C21H33NO2. The van der Waals surface area contributed by atoms with Crippen molar-refractivity contribution in [1.29, 1.82) is 0 Å². The number of ether oxygens (including phenoxy) is 1. The molecule has 0 bridgehead atoms. The second kappa shape index (κ2) is 7.16. The van der Waals surface area contributed by atoms with Crippen LogP contribution in [0.5, 0.6) is 0 Å². The fraction of sp³-hybridized carbons (Fsp3) is 0.667. The van der Waals surface area contributed by atoms with Gasteiger partial charge in [0.1, 0.15) is 0 Å². The average molecular weight is 332 g/mol. The Morgan fingerprint density at radius 3 is 2.33 bits per heavy atom. The average Bonchev–Trinajstić information content (AvgIpc) is 2.91. The Bertz CT molecular complexity index is 571. The predicted molar refractivity (Wildman–Crippen MR) is 99.2 cm³/mol. The molecule has 1 aromatic rings. The topological polar surface area (TPSA) is 29.5 Å². The lowest BCUT2D eigenvalue weighted by Gasteiger charge is -2.28. The van der Waals surface area contributed by atoms with Crippen LogP contribution in [0.3, 0.4) is 0 Å². The predicted octanol–water partition coefficient (Wildman–Crippen LogP) is 5.76. The highest BCUT2D eigenvalue weighted by Gasteiger charge is 2.42. The second-order valence-corrected chi connectivity index (χ2v) is 8.68. The maximum absolute atomic E-state index is 12.7. The first-order chi connectivity index (χ1) is 11.1. The van der Waals surface area contributed by atoms with Crippen molar-refractivity contribution in [2.75, 3.05) is 6.54 Å². The molecule has 1 fully saturated rings. The first-order valence-electron chi connectivity index (χ1n) is 9.17. The number of benzene rings is 1. The number of hydrogen-bond donors (Lipinski definition) is 0. The monoisotopic (exact) mass is 331 g/mol. The maximum Gasteiger partial charge on any atom is 0.410 e. The van der Waals surface area contributed by atoms with Crippen molar-refractivity contribution in [3.8, 4) is 0 Å². The molecule has 1 saturated heterocycles. The molecule has 0 saturated carbocycles. The first kappa shape index (κ1) is 18.8. The van der Waals surface area contributed by atoms with Gasteiger partial charge < -0.3 is 9.64 Å². The molecule has 2 unspecified atom stereocenters. The number of nitrogens with zero attached hydrogens (tertiary/aromatic N) is 1. The molecule has 0 aromatic heterocycles. The van der Waals surface area contributed by atoms with Gasteiger partial charge in [0.15, 0.2) is 0 Å². The summed E-state index contributed by atoms with van der Waals surface area (Å²) in [6, 6.07) is 8.65. The van der Waals surface area contributed by atoms with Crippen LogP contribution in [-0.4, -0.2) is 23.6 Å². The van der Waals surface area contributed by atoms with E-state index >= 15 is 0 Å². The molecule has 3 heteroatoms. The summed E-state index contributed by atoms with van der Waals surface area (Å²) in [5, 5.41) is 0. The summed E-state index contributed by atoms with van der Waals surface area (Å²) in [6.45, 7) is 15.8. The Morgan fingerprint density at radius 2 is 1.79 bits per heavy atom. The van der Waals surface area contributed by atoms with Gasteiger partial charge in [-0.1, -0.05) is 58.9 Å². The Kier molecular flexibility index (Phi) is 5.62. The molecule has 24 heavy (non-hydrogen) atoms. The van der Waals surface area contributed by atoms with E-state index in [-0.39, 0.29) is 23.7 Å². The zero-order valence-electron chi connectivity index (χ0n) is 16.3. The number of carbonyl (C=O) groups excluding carboxylic acids is 1. The molecule has 0 aliphatic carbocycles. The molecule has 1 amide bonds. The van der Waals surface area contributed by atoms with Gasteiger partial charge in [0.2, 0.25) is 0 Å². The summed E-state index contributed by atoms with van der Waals surface area (Å²) in [7, 11) is 0. The van der Waals surface area contributed by atoms with Gasteiger partial charge in [0, 0.05) is 6.54 Å². The molecule has 2 atom stereocenters. The van der Waals surface area contributed by atoms with Gasteiger partial charge in [0.05, 0.1) is 12.1 Å². The Labute approximate surface area is 147 Å². The number of amides is 1. The van der Waals surface area contributed by atoms with Crippen LogP contribution >= 0.6 is 0 Å². The quantitative estimate of drug-likeness (QED) is 0.704. The molecule has 1 heterocycles. The summed E-state index contributed by atoms with van der Waals surface area (Å²) >= 11 is 0. The number of carbonyl (C=O) groups is 1. The van der Waals surface area contributed by atoms with E-state index in [0.717, 1.165) is 13.0 Å². The molecule has 2 rings (SSSR count). The Balaban J connectivity index is 2.38. The number of hydrogen-bond acceptors (Lipinski definition) is 2. The highest BCUT2D eigenvalue weighted by Crippen LogP contribution is 2.45. The van der Waals surface area contributed by atoms with E-state index in [0.29, 0.717) is 11.8 Å². The largest absolute Gasteiger partial charge is 0.447 e. The third kappa shape index (κ3) is 4.12. The van der Waals surface area contributed by atoms with Crippen molar-refractivity contribution in [1.82, 2.24) is 4.90 Å². The van der Waals surface area contributed by atoms with Crippen molar-refractivity contribution < 1.29 is 9.53 Å². The van der Waals surface area contributed by atoms with Gasteiger partial charge in [-0.15, -0.1) is 0 Å². The first-order valence-corrected chi connectivity index (χ1v) is 9.17. The third-order valence-corrected chi connectivity index (χ3v) is 5.07. The summed E-state index contributed by atoms with van der Waals surface area (Å²) < 4.78 is 5.53.